The molecule has 244 valence electrons. The van der Waals surface area contributed by atoms with Crippen LogP contribution in [-0.4, -0.2) is 14.5 Å². The molecule has 0 unspecified atom stereocenters. The van der Waals surface area contributed by atoms with Gasteiger partial charge in [0.2, 0.25) is 5.95 Å². The first-order valence-corrected chi connectivity index (χ1v) is 18.0. The van der Waals surface area contributed by atoms with Crippen LogP contribution in [-0.2, 0) is 5.41 Å². The summed E-state index contributed by atoms with van der Waals surface area (Å²) in [6, 6.07) is 59.4. The van der Waals surface area contributed by atoms with E-state index in [1.165, 1.54) is 65.7 Å². The maximum atomic E-state index is 5.49. The van der Waals surface area contributed by atoms with Crippen molar-refractivity contribution in [2.45, 2.75) is 19.3 Å². The van der Waals surface area contributed by atoms with E-state index in [4.69, 9.17) is 9.97 Å². The van der Waals surface area contributed by atoms with Gasteiger partial charge in [-0.25, -0.2) is 9.97 Å². The number of nitrogens with zero attached hydrogens (tertiary/aromatic N) is 3. The van der Waals surface area contributed by atoms with Crippen LogP contribution in [0, 0.1) is 0 Å². The lowest BCUT2D eigenvalue weighted by Gasteiger charge is -2.22. The fourth-order valence-electron chi connectivity index (χ4n) is 8.70. The number of hydrogen-bond donors (Lipinski definition) is 0. The zero-order chi connectivity index (χ0) is 34.6. The molecule has 1 aliphatic carbocycles. The lowest BCUT2D eigenvalue weighted by atomic mass is 9.81. The van der Waals surface area contributed by atoms with Gasteiger partial charge in [0.15, 0.2) is 0 Å². The molecule has 0 N–H and O–H groups in total. The van der Waals surface area contributed by atoms with Gasteiger partial charge in [0.1, 0.15) is 0 Å². The van der Waals surface area contributed by atoms with E-state index in [2.05, 4.69) is 182 Å². The minimum atomic E-state index is -0.101. The zero-order valence-corrected chi connectivity index (χ0v) is 28.9. The highest BCUT2D eigenvalue weighted by Crippen LogP contribution is 2.51. The second-order valence-electron chi connectivity index (χ2n) is 14.7. The molecule has 0 atom stereocenters. The number of para-hydroxylation sites is 1. The second kappa shape index (κ2) is 10.7. The molecular formula is C49H33N3. The van der Waals surface area contributed by atoms with Crippen LogP contribution >= 0.6 is 0 Å². The number of benzene rings is 8. The molecule has 3 nitrogen and oxygen atoms in total. The Labute approximate surface area is 301 Å². The van der Waals surface area contributed by atoms with Gasteiger partial charge >= 0.3 is 0 Å². The Bertz CT molecular complexity index is 3100. The van der Waals surface area contributed by atoms with Gasteiger partial charge in [0.05, 0.1) is 22.2 Å². The van der Waals surface area contributed by atoms with Crippen LogP contribution in [0.25, 0.3) is 93.7 Å². The van der Waals surface area contributed by atoms with Crippen molar-refractivity contribution in [2.24, 2.45) is 0 Å². The molecule has 1 aliphatic rings. The van der Waals surface area contributed by atoms with E-state index in [-0.39, 0.29) is 5.41 Å². The summed E-state index contributed by atoms with van der Waals surface area (Å²) >= 11 is 0. The number of aromatic nitrogens is 3. The lowest BCUT2D eigenvalue weighted by molar-refractivity contribution is 0.661. The van der Waals surface area contributed by atoms with Crippen molar-refractivity contribution in [3.63, 3.8) is 0 Å². The van der Waals surface area contributed by atoms with Gasteiger partial charge in [-0.3, -0.25) is 4.57 Å². The van der Waals surface area contributed by atoms with Gasteiger partial charge in [-0.15, -0.1) is 0 Å². The Morgan fingerprint density at radius 3 is 1.87 bits per heavy atom. The lowest BCUT2D eigenvalue weighted by Crippen LogP contribution is -2.14. The Morgan fingerprint density at radius 2 is 1.06 bits per heavy atom. The van der Waals surface area contributed by atoms with Gasteiger partial charge in [-0.2, -0.15) is 0 Å². The summed E-state index contributed by atoms with van der Waals surface area (Å²) in [5.74, 6) is 0.670. The summed E-state index contributed by atoms with van der Waals surface area (Å²) in [6.45, 7) is 4.69. The van der Waals surface area contributed by atoms with Gasteiger partial charge < -0.3 is 0 Å². The van der Waals surface area contributed by atoms with Crippen molar-refractivity contribution < 1.29 is 0 Å². The average Bonchev–Trinajstić information content (AvgIpc) is 3.62. The van der Waals surface area contributed by atoms with Crippen LogP contribution in [0.15, 0.2) is 164 Å². The summed E-state index contributed by atoms with van der Waals surface area (Å²) < 4.78 is 2.26. The standard InChI is InChI=1S/C49H33N3/c1-49(2)42-22-20-36(27-38(42)39-24-31-14-6-8-16-33(31)28-43(39)49)47-37-18-10-11-19-44(37)50-48(51-47)52-45-23-21-35(30-12-4-3-5-13-30)26-40(45)41-25-32-15-7-9-17-34(32)29-46(41)52/h3-29H,1-2H3. The van der Waals surface area contributed by atoms with E-state index in [1.54, 1.807) is 0 Å². The Morgan fingerprint density at radius 1 is 0.423 bits per heavy atom. The zero-order valence-electron chi connectivity index (χ0n) is 28.9. The molecule has 52 heavy (non-hydrogen) atoms. The SMILES string of the molecule is CC1(C)c2ccc(-c3nc(-n4c5ccc(-c6ccccc6)cc5c5cc6ccccc6cc54)nc4ccccc34)cc2-c2cc3ccccc3cc21. The fraction of sp³-hybridized carbons (Fsp3) is 0.0612. The van der Waals surface area contributed by atoms with Crippen molar-refractivity contribution >= 4 is 54.3 Å². The van der Waals surface area contributed by atoms with Crippen molar-refractivity contribution in [1.29, 1.82) is 0 Å². The molecule has 0 saturated carbocycles. The smallest absolute Gasteiger partial charge is 0.235 e. The number of fused-ring (bicyclic) bond motifs is 9. The minimum absolute atomic E-state index is 0.101. The number of rotatable bonds is 3. The maximum Gasteiger partial charge on any atom is 0.235 e. The monoisotopic (exact) mass is 663 g/mol. The predicted octanol–water partition coefficient (Wildman–Crippen LogP) is 12.7. The quantitative estimate of drug-likeness (QED) is 0.188. The van der Waals surface area contributed by atoms with E-state index in [0.29, 0.717) is 5.95 Å². The topological polar surface area (TPSA) is 30.7 Å². The summed E-state index contributed by atoms with van der Waals surface area (Å²) in [5, 5.41) is 8.37. The van der Waals surface area contributed by atoms with Gasteiger partial charge in [-0.1, -0.05) is 129 Å². The third-order valence-corrected chi connectivity index (χ3v) is 11.3. The van der Waals surface area contributed by atoms with Crippen LogP contribution in [0.1, 0.15) is 25.0 Å². The first kappa shape index (κ1) is 29.2. The molecule has 2 aromatic heterocycles. The van der Waals surface area contributed by atoms with Gasteiger partial charge in [-0.05, 0) is 103 Å². The Kier molecular flexibility index (Phi) is 6.01. The van der Waals surface area contributed by atoms with Gasteiger partial charge in [0.25, 0.3) is 0 Å². The molecule has 0 saturated heterocycles. The normalized spacial score (nSPS) is 13.3. The fourth-order valence-corrected chi connectivity index (χ4v) is 8.70. The molecule has 0 bridgehead atoms. The van der Waals surface area contributed by atoms with Crippen molar-refractivity contribution in [3.8, 4) is 39.5 Å². The van der Waals surface area contributed by atoms with Crippen LogP contribution in [0.3, 0.4) is 0 Å². The highest BCUT2D eigenvalue weighted by molar-refractivity contribution is 6.14. The first-order chi connectivity index (χ1) is 25.5. The molecule has 0 fully saturated rings. The molecule has 2 heterocycles. The average molecular weight is 664 g/mol. The van der Waals surface area contributed by atoms with Crippen molar-refractivity contribution in [3.05, 3.63) is 175 Å². The molecule has 8 aromatic carbocycles. The van der Waals surface area contributed by atoms with Crippen LogP contribution < -0.4 is 0 Å². The molecule has 0 spiro atoms. The molecule has 3 heteroatoms. The van der Waals surface area contributed by atoms with E-state index in [0.717, 1.165) is 33.2 Å². The van der Waals surface area contributed by atoms with Crippen LogP contribution in [0.2, 0.25) is 0 Å². The van der Waals surface area contributed by atoms with Crippen molar-refractivity contribution in [2.75, 3.05) is 0 Å². The predicted molar refractivity (Wildman–Crippen MR) is 217 cm³/mol. The molecular weight excluding hydrogens is 631 g/mol. The molecule has 10 aromatic rings. The number of hydrogen-bond acceptors (Lipinski definition) is 2. The molecule has 0 aliphatic heterocycles. The maximum absolute atomic E-state index is 5.49. The summed E-state index contributed by atoms with van der Waals surface area (Å²) in [5.41, 5.74) is 12.7. The van der Waals surface area contributed by atoms with E-state index < -0.39 is 0 Å². The summed E-state index contributed by atoms with van der Waals surface area (Å²) in [4.78, 5) is 10.8. The van der Waals surface area contributed by atoms with Gasteiger partial charge in [0, 0.05) is 27.1 Å². The van der Waals surface area contributed by atoms with Crippen LogP contribution in [0.4, 0.5) is 0 Å². The summed E-state index contributed by atoms with van der Waals surface area (Å²) in [7, 11) is 0. The third-order valence-electron chi connectivity index (χ3n) is 11.3. The molecule has 11 rings (SSSR count). The first-order valence-electron chi connectivity index (χ1n) is 18.0. The van der Waals surface area contributed by atoms with E-state index in [1.807, 2.05) is 0 Å². The van der Waals surface area contributed by atoms with Crippen molar-refractivity contribution in [1.82, 2.24) is 14.5 Å². The third kappa shape index (κ3) is 4.20. The molecule has 0 amide bonds. The Hall–Kier alpha value is -6.58. The minimum Gasteiger partial charge on any atom is -0.278 e. The highest BCUT2D eigenvalue weighted by atomic mass is 15.2. The summed E-state index contributed by atoms with van der Waals surface area (Å²) in [6.07, 6.45) is 0. The van der Waals surface area contributed by atoms with Crippen LogP contribution in [0.5, 0.6) is 0 Å². The Balaban J connectivity index is 1.17. The highest BCUT2D eigenvalue weighted by Gasteiger charge is 2.36. The molecule has 0 radical (unpaired) electrons. The van der Waals surface area contributed by atoms with E-state index >= 15 is 0 Å². The largest absolute Gasteiger partial charge is 0.278 e. The second-order valence-corrected chi connectivity index (χ2v) is 14.7. The van der Waals surface area contributed by atoms with E-state index in [9.17, 15) is 0 Å².